The van der Waals surface area contributed by atoms with E-state index in [1.807, 2.05) is 11.3 Å². The molecule has 4 rings (SSSR count). The highest BCUT2D eigenvalue weighted by molar-refractivity contribution is 7.18. The summed E-state index contributed by atoms with van der Waals surface area (Å²) in [6.07, 6.45) is 3.49. The molecule has 2 heteroatoms. The van der Waals surface area contributed by atoms with Gasteiger partial charge in [0.2, 0.25) is 5.52 Å². The zero-order valence-corrected chi connectivity index (χ0v) is 12.3. The molecule has 0 spiro atoms. The first-order chi connectivity index (χ1) is 9.83. The Hall–Kier alpha value is -1.93. The van der Waals surface area contributed by atoms with Crippen molar-refractivity contribution in [3.63, 3.8) is 0 Å². The van der Waals surface area contributed by atoms with Crippen molar-refractivity contribution >= 4 is 33.2 Å². The third-order valence-electron chi connectivity index (χ3n) is 4.03. The van der Waals surface area contributed by atoms with Crippen LogP contribution in [-0.4, -0.2) is 0 Å². The fourth-order valence-corrected chi connectivity index (χ4v) is 4.15. The van der Waals surface area contributed by atoms with Crippen LogP contribution in [0.2, 0.25) is 0 Å². The van der Waals surface area contributed by atoms with Gasteiger partial charge in [-0.1, -0.05) is 47.7 Å². The van der Waals surface area contributed by atoms with Gasteiger partial charge in [0.15, 0.2) is 6.54 Å². The molecule has 0 unspecified atom stereocenters. The Kier molecular flexibility index (Phi) is 2.71. The molecule has 0 saturated carbocycles. The van der Waals surface area contributed by atoms with Crippen molar-refractivity contribution in [1.29, 1.82) is 0 Å². The number of para-hydroxylation sites is 1. The summed E-state index contributed by atoms with van der Waals surface area (Å²) in [5.41, 5.74) is 5.60. The third kappa shape index (κ3) is 1.80. The number of thiazole rings is 1. The van der Waals surface area contributed by atoms with Crippen LogP contribution in [0.3, 0.4) is 0 Å². The molecule has 0 saturated heterocycles. The van der Waals surface area contributed by atoms with Gasteiger partial charge in [-0.25, -0.2) is 0 Å². The third-order valence-corrected chi connectivity index (χ3v) is 5.14. The average Bonchev–Trinajstić information content (AvgIpc) is 2.85. The van der Waals surface area contributed by atoms with Crippen LogP contribution in [0.4, 0.5) is 0 Å². The van der Waals surface area contributed by atoms with Crippen LogP contribution < -0.4 is 4.57 Å². The number of benzene rings is 2. The predicted molar refractivity (Wildman–Crippen MR) is 85.7 cm³/mol. The molecular formula is C18H16NS+. The number of hydrogen-bond donors (Lipinski definition) is 0. The zero-order chi connectivity index (χ0) is 13.5. The highest BCUT2D eigenvalue weighted by Crippen LogP contribution is 2.31. The van der Waals surface area contributed by atoms with Gasteiger partial charge in [0, 0.05) is 18.6 Å². The number of allylic oxidation sites excluding steroid dienone is 1. The van der Waals surface area contributed by atoms with E-state index in [0.717, 1.165) is 13.0 Å². The van der Waals surface area contributed by atoms with E-state index in [1.165, 1.54) is 31.9 Å². The average molecular weight is 278 g/mol. The fraction of sp³-hybridized carbons (Fsp3) is 0.167. The van der Waals surface area contributed by atoms with E-state index in [0.29, 0.717) is 0 Å². The molecule has 3 aromatic rings. The quantitative estimate of drug-likeness (QED) is 0.579. The number of fused-ring (bicyclic) bond motifs is 3. The van der Waals surface area contributed by atoms with Crippen molar-refractivity contribution in [3.8, 4) is 0 Å². The minimum atomic E-state index is 1.08. The second-order valence-corrected chi connectivity index (χ2v) is 6.36. The monoisotopic (exact) mass is 278 g/mol. The molecule has 0 N–H and O–H groups in total. The van der Waals surface area contributed by atoms with E-state index in [-0.39, 0.29) is 0 Å². The van der Waals surface area contributed by atoms with E-state index in [1.54, 1.807) is 0 Å². The Morgan fingerprint density at radius 2 is 1.80 bits per heavy atom. The van der Waals surface area contributed by atoms with Crippen LogP contribution in [0, 0.1) is 6.92 Å². The SMILES string of the molecule is Cc1ccccc1C1=Cc2sc3ccccc3[n+]2CC1. The van der Waals surface area contributed by atoms with E-state index in [9.17, 15) is 0 Å². The summed E-state index contributed by atoms with van der Waals surface area (Å²) >= 11 is 1.89. The van der Waals surface area contributed by atoms with Gasteiger partial charge in [-0.2, -0.15) is 4.57 Å². The lowest BCUT2D eigenvalue weighted by Crippen LogP contribution is -2.37. The van der Waals surface area contributed by atoms with Gasteiger partial charge < -0.3 is 0 Å². The van der Waals surface area contributed by atoms with Crippen molar-refractivity contribution < 1.29 is 4.57 Å². The summed E-state index contributed by atoms with van der Waals surface area (Å²) in [5, 5.41) is 1.37. The molecule has 1 aliphatic heterocycles. The minimum Gasteiger partial charge on any atom is -0.182 e. The maximum Gasteiger partial charge on any atom is 0.263 e. The topological polar surface area (TPSA) is 3.88 Å². The molecule has 0 atom stereocenters. The molecule has 98 valence electrons. The summed E-state index contributed by atoms with van der Waals surface area (Å²) in [5.74, 6) is 0. The lowest BCUT2D eigenvalue weighted by molar-refractivity contribution is -0.668. The number of nitrogens with zero attached hydrogens (tertiary/aromatic N) is 1. The summed E-state index contributed by atoms with van der Waals surface area (Å²) in [4.78, 5) is 0. The molecule has 0 fully saturated rings. The largest absolute Gasteiger partial charge is 0.263 e. The predicted octanol–water partition coefficient (Wildman–Crippen LogP) is 4.44. The van der Waals surface area contributed by atoms with Crippen molar-refractivity contribution in [2.45, 2.75) is 19.9 Å². The van der Waals surface area contributed by atoms with Crippen molar-refractivity contribution in [3.05, 3.63) is 64.7 Å². The van der Waals surface area contributed by atoms with Crippen LogP contribution in [0.1, 0.15) is 22.6 Å². The molecule has 0 radical (unpaired) electrons. The Bertz CT molecular complexity index is 826. The molecule has 0 aliphatic carbocycles. The molecule has 20 heavy (non-hydrogen) atoms. The lowest BCUT2D eigenvalue weighted by Gasteiger charge is -2.12. The molecule has 1 nitrogen and oxygen atoms in total. The Morgan fingerprint density at radius 1 is 1.00 bits per heavy atom. The number of hydrogen-bond acceptors (Lipinski definition) is 1. The smallest absolute Gasteiger partial charge is 0.182 e. The van der Waals surface area contributed by atoms with Gasteiger partial charge >= 0.3 is 0 Å². The van der Waals surface area contributed by atoms with E-state index in [4.69, 9.17) is 0 Å². The zero-order valence-electron chi connectivity index (χ0n) is 11.5. The molecule has 2 heterocycles. The van der Waals surface area contributed by atoms with E-state index in [2.05, 4.69) is 66.1 Å². The molecule has 2 aromatic carbocycles. The van der Waals surface area contributed by atoms with Crippen LogP contribution >= 0.6 is 11.3 Å². The summed E-state index contributed by atoms with van der Waals surface area (Å²) < 4.78 is 3.83. The van der Waals surface area contributed by atoms with Gasteiger partial charge in [0.1, 0.15) is 4.70 Å². The summed E-state index contributed by atoms with van der Waals surface area (Å²) in [6, 6.07) is 17.4. The number of aryl methyl sites for hydroxylation is 2. The summed E-state index contributed by atoms with van der Waals surface area (Å²) in [7, 11) is 0. The highest BCUT2D eigenvalue weighted by atomic mass is 32.1. The minimum absolute atomic E-state index is 1.08. The first-order valence-corrected chi connectivity index (χ1v) is 7.82. The first-order valence-electron chi connectivity index (χ1n) is 7.01. The molecular weight excluding hydrogens is 262 g/mol. The first kappa shape index (κ1) is 11.9. The summed E-state index contributed by atoms with van der Waals surface area (Å²) in [6.45, 7) is 3.28. The maximum absolute atomic E-state index is 2.45. The van der Waals surface area contributed by atoms with E-state index >= 15 is 0 Å². The normalized spacial score (nSPS) is 14.2. The van der Waals surface area contributed by atoms with Gasteiger partial charge in [-0.15, -0.1) is 0 Å². The highest BCUT2D eigenvalue weighted by Gasteiger charge is 2.24. The lowest BCUT2D eigenvalue weighted by atomic mass is 9.96. The fourth-order valence-electron chi connectivity index (χ4n) is 2.99. The molecule has 1 aliphatic rings. The number of aromatic nitrogens is 1. The van der Waals surface area contributed by atoms with Gasteiger partial charge in [0.05, 0.1) is 0 Å². The van der Waals surface area contributed by atoms with E-state index < -0.39 is 0 Å². The maximum atomic E-state index is 2.45. The Balaban J connectivity index is 1.88. The van der Waals surface area contributed by atoms with Crippen LogP contribution in [0.5, 0.6) is 0 Å². The number of rotatable bonds is 1. The van der Waals surface area contributed by atoms with Crippen LogP contribution in [0.15, 0.2) is 48.5 Å². The standard InChI is InChI=1S/C18H16NS/c1-13-6-2-3-7-15(13)14-10-11-19-16-8-4-5-9-17(16)20-18(19)12-14/h2-9,12H,10-11H2,1H3/q+1. The van der Waals surface area contributed by atoms with Crippen molar-refractivity contribution in [2.75, 3.05) is 0 Å². The van der Waals surface area contributed by atoms with Crippen molar-refractivity contribution in [1.82, 2.24) is 0 Å². The second-order valence-electron chi connectivity index (χ2n) is 5.29. The van der Waals surface area contributed by atoms with Gasteiger partial charge in [-0.3, -0.25) is 0 Å². The Labute approximate surface area is 122 Å². The molecule has 1 aromatic heterocycles. The molecule has 0 amide bonds. The van der Waals surface area contributed by atoms with Gasteiger partial charge in [0.25, 0.3) is 5.01 Å². The van der Waals surface area contributed by atoms with Crippen LogP contribution in [-0.2, 0) is 6.54 Å². The Morgan fingerprint density at radius 3 is 2.70 bits per heavy atom. The van der Waals surface area contributed by atoms with Gasteiger partial charge in [-0.05, 0) is 29.7 Å². The second kappa shape index (κ2) is 4.57. The molecule has 0 bridgehead atoms. The van der Waals surface area contributed by atoms with Crippen LogP contribution in [0.25, 0.3) is 21.9 Å². The van der Waals surface area contributed by atoms with Crippen molar-refractivity contribution in [2.24, 2.45) is 0 Å².